The third-order valence-corrected chi connectivity index (χ3v) is 7.71. The second-order valence-corrected chi connectivity index (χ2v) is 11.7. The van der Waals surface area contributed by atoms with Crippen LogP contribution in [0.1, 0.15) is 45.6 Å². The maximum atomic E-state index is 13.3. The van der Waals surface area contributed by atoms with Crippen molar-refractivity contribution in [2.75, 3.05) is 24.2 Å². The van der Waals surface area contributed by atoms with Crippen LogP contribution in [-0.4, -0.2) is 57.1 Å². The summed E-state index contributed by atoms with van der Waals surface area (Å²) in [6.07, 6.45) is 2.13. The predicted molar refractivity (Wildman–Crippen MR) is 149 cm³/mol. The van der Waals surface area contributed by atoms with Crippen molar-refractivity contribution in [2.45, 2.75) is 58.7 Å². The van der Waals surface area contributed by atoms with E-state index in [1.165, 1.54) is 22.4 Å². The highest BCUT2D eigenvalue weighted by Crippen LogP contribution is 2.30. The molecular weight excluding hydrogens is 537 g/mol. The zero-order valence-corrected chi connectivity index (χ0v) is 24.2. The molecule has 2 aromatic carbocycles. The van der Waals surface area contributed by atoms with Gasteiger partial charge in [-0.1, -0.05) is 42.3 Å². The molecule has 0 bridgehead atoms. The van der Waals surface area contributed by atoms with E-state index in [9.17, 15) is 18.0 Å². The molecule has 2 aromatic rings. The molecule has 0 aromatic heterocycles. The Morgan fingerprint density at radius 1 is 1.11 bits per heavy atom. The number of halogens is 2. The Bertz CT molecular complexity index is 1190. The van der Waals surface area contributed by atoms with Gasteiger partial charge in [0.15, 0.2) is 0 Å². The summed E-state index contributed by atoms with van der Waals surface area (Å²) >= 11 is 12.3. The second-order valence-electron chi connectivity index (χ2n) is 8.90. The lowest BCUT2D eigenvalue weighted by molar-refractivity contribution is -0.140. The SMILES string of the molecule is CC[C@H](C)NC(=O)[C@@H](C)N(Cc1cccc(Cl)c1)C(=O)CCCN(c1ccc(OC)c(Cl)c1)S(C)(=O)=O. The molecule has 2 atom stereocenters. The number of carbonyl (C=O) groups excluding carboxylic acids is 2. The van der Waals surface area contributed by atoms with E-state index in [1.807, 2.05) is 19.9 Å². The molecule has 0 fully saturated rings. The molecule has 0 radical (unpaired) electrons. The normalized spacial score (nSPS) is 12.9. The molecule has 0 aliphatic carbocycles. The average molecular weight is 573 g/mol. The van der Waals surface area contributed by atoms with Crippen molar-refractivity contribution in [3.8, 4) is 5.75 Å². The van der Waals surface area contributed by atoms with Crippen LogP contribution in [0.5, 0.6) is 5.75 Å². The topological polar surface area (TPSA) is 96.0 Å². The second kappa shape index (κ2) is 13.9. The number of amides is 2. The summed E-state index contributed by atoms with van der Waals surface area (Å²) in [6.45, 7) is 5.80. The summed E-state index contributed by atoms with van der Waals surface area (Å²) in [5, 5.41) is 3.73. The number of carbonyl (C=O) groups is 2. The minimum absolute atomic E-state index is 0.0299. The predicted octanol–water partition coefficient (Wildman–Crippen LogP) is 4.88. The van der Waals surface area contributed by atoms with Gasteiger partial charge in [0.05, 0.1) is 24.1 Å². The minimum Gasteiger partial charge on any atom is -0.495 e. The number of benzene rings is 2. The monoisotopic (exact) mass is 571 g/mol. The van der Waals surface area contributed by atoms with Gasteiger partial charge in [0.25, 0.3) is 0 Å². The van der Waals surface area contributed by atoms with Gasteiger partial charge in [-0.05, 0) is 62.6 Å². The van der Waals surface area contributed by atoms with Crippen LogP contribution < -0.4 is 14.4 Å². The number of sulfonamides is 1. The van der Waals surface area contributed by atoms with Gasteiger partial charge in [0.1, 0.15) is 11.8 Å². The van der Waals surface area contributed by atoms with Crippen LogP contribution >= 0.6 is 23.2 Å². The van der Waals surface area contributed by atoms with Crippen LogP contribution in [-0.2, 0) is 26.2 Å². The third-order valence-electron chi connectivity index (χ3n) is 5.99. The first-order valence-corrected chi connectivity index (χ1v) is 14.6. The number of hydrogen-bond donors (Lipinski definition) is 1. The molecule has 0 saturated carbocycles. The van der Waals surface area contributed by atoms with Gasteiger partial charge in [-0.25, -0.2) is 8.42 Å². The fourth-order valence-corrected chi connectivity index (χ4v) is 5.12. The van der Waals surface area contributed by atoms with E-state index in [4.69, 9.17) is 27.9 Å². The molecule has 0 heterocycles. The molecule has 8 nitrogen and oxygen atoms in total. The third kappa shape index (κ3) is 9.09. The summed E-state index contributed by atoms with van der Waals surface area (Å²) < 4.78 is 31.3. The van der Waals surface area contributed by atoms with E-state index in [-0.39, 0.29) is 48.8 Å². The Balaban J connectivity index is 2.20. The van der Waals surface area contributed by atoms with E-state index >= 15 is 0 Å². The van der Waals surface area contributed by atoms with Crippen molar-refractivity contribution >= 4 is 50.7 Å². The molecule has 2 amide bonds. The van der Waals surface area contributed by atoms with E-state index < -0.39 is 16.1 Å². The summed E-state index contributed by atoms with van der Waals surface area (Å²) in [4.78, 5) is 27.7. The highest BCUT2D eigenvalue weighted by Gasteiger charge is 2.27. The first-order chi connectivity index (χ1) is 17.4. The van der Waals surface area contributed by atoms with Gasteiger partial charge in [-0.2, -0.15) is 0 Å². The lowest BCUT2D eigenvalue weighted by Gasteiger charge is -2.30. The Morgan fingerprint density at radius 2 is 1.81 bits per heavy atom. The molecule has 1 N–H and O–H groups in total. The zero-order valence-electron chi connectivity index (χ0n) is 21.8. The molecular formula is C26H35Cl2N3O5S. The highest BCUT2D eigenvalue weighted by molar-refractivity contribution is 7.92. The number of rotatable bonds is 13. The summed E-state index contributed by atoms with van der Waals surface area (Å²) in [6, 6.07) is 11.0. The molecule has 0 saturated heterocycles. The van der Waals surface area contributed by atoms with Crippen molar-refractivity contribution in [1.82, 2.24) is 10.2 Å². The molecule has 0 spiro atoms. The number of methoxy groups -OCH3 is 1. The van der Waals surface area contributed by atoms with Crippen molar-refractivity contribution in [3.63, 3.8) is 0 Å². The minimum atomic E-state index is -3.64. The van der Waals surface area contributed by atoms with Crippen molar-refractivity contribution in [1.29, 1.82) is 0 Å². The molecule has 0 unspecified atom stereocenters. The smallest absolute Gasteiger partial charge is 0.242 e. The molecule has 37 heavy (non-hydrogen) atoms. The van der Waals surface area contributed by atoms with Gasteiger partial charge >= 0.3 is 0 Å². The first-order valence-electron chi connectivity index (χ1n) is 12.0. The lowest BCUT2D eigenvalue weighted by Crippen LogP contribution is -2.49. The Morgan fingerprint density at radius 3 is 2.38 bits per heavy atom. The number of hydrogen-bond acceptors (Lipinski definition) is 5. The fraction of sp³-hybridized carbons (Fsp3) is 0.462. The Labute approximate surface area is 229 Å². The van der Waals surface area contributed by atoms with Crippen LogP contribution in [0.25, 0.3) is 0 Å². The first kappa shape index (κ1) is 30.7. The summed E-state index contributed by atoms with van der Waals surface area (Å²) in [7, 11) is -2.17. The molecule has 2 rings (SSSR count). The van der Waals surface area contributed by atoms with Gasteiger partial charge in [-0.15, -0.1) is 0 Å². The van der Waals surface area contributed by atoms with Crippen molar-refractivity contribution < 1.29 is 22.7 Å². The lowest BCUT2D eigenvalue weighted by atomic mass is 10.1. The zero-order chi connectivity index (χ0) is 27.8. The van der Waals surface area contributed by atoms with Crippen molar-refractivity contribution in [3.05, 3.63) is 58.1 Å². The van der Waals surface area contributed by atoms with Gasteiger partial charge in [0.2, 0.25) is 21.8 Å². The van der Waals surface area contributed by atoms with Crippen LogP contribution in [0.2, 0.25) is 10.0 Å². The Hall–Kier alpha value is -2.49. The largest absolute Gasteiger partial charge is 0.495 e. The van der Waals surface area contributed by atoms with E-state index in [1.54, 1.807) is 37.3 Å². The fourth-order valence-electron chi connectivity index (χ4n) is 3.69. The highest BCUT2D eigenvalue weighted by atomic mass is 35.5. The maximum absolute atomic E-state index is 13.3. The standard InChI is InChI=1S/C26H35Cl2N3O5S/c1-6-18(2)29-26(33)19(3)30(17-20-9-7-10-21(27)15-20)25(32)11-8-14-31(37(5,34)35)22-12-13-24(36-4)23(28)16-22/h7,9-10,12-13,15-16,18-19H,6,8,11,14,17H2,1-5H3,(H,29,33)/t18-,19+/m0/s1. The van der Waals surface area contributed by atoms with Gasteiger partial charge < -0.3 is 15.0 Å². The van der Waals surface area contributed by atoms with E-state index in [2.05, 4.69) is 5.32 Å². The van der Waals surface area contributed by atoms with Gasteiger partial charge in [0, 0.05) is 30.6 Å². The maximum Gasteiger partial charge on any atom is 0.242 e. The van der Waals surface area contributed by atoms with E-state index in [0.29, 0.717) is 16.5 Å². The van der Waals surface area contributed by atoms with Gasteiger partial charge in [-0.3, -0.25) is 13.9 Å². The van der Waals surface area contributed by atoms with Crippen LogP contribution in [0.15, 0.2) is 42.5 Å². The molecule has 0 aliphatic rings. The van der Waals surface area contributed by atoms with Crippen LogP contribution in [0.4, 0.5) is 5.69 Å². The summed E-state index contributed by atoms with van der Waals surface area (Å²) in [5.41, 5.74) is 1.16. The molecule has 11 heteroatoms. The molecule has 0 aliphatic heterocycles. The summed E-state index contributed by atoms with van der Waals surface area (Å²) in [5.74, 6) is -0.0984. The Kier molecular flexibility index (Phi) is 11.5. The number of anilines is 1. The van der Waals surface area contributed by atoms with Crippen LogP contribution in [0, 0.1) is 0 Å². The number of nitrogens with one attached hydrogen (secondary N) is 1. The number of ether oxygens (including phenoxy) is 1. The van der Waals surface area contributed by atoms with Crippen LogP contribution in [0.3, 0.4) is 0 Å². The van der Waals surface area contributed by atoms with E-state index in [0.717, 1.165) is 18.2 Å². The quantitative estimate of drug-likeness (QED) is 0.369. The average Bonchev–Trinajstić information content (AvgIpc) is 2.83. The van der Waals surface area contributed by atoms with Crippen molar-refractivity contribution in [2.24, 2.45) is 0 Å². The molecule has 204 valence electrons. The number of nitrogens with zero attached hydrogens (tertiary/aromatic N) is 2.